The van der Waals surface area contributed by atoms with Crippen molar-refractivity contribution in [2.24, 2.45) is 0 Å². The molecular weight excluding hydrogens is 365 g/mol. The van der Waals surface area contributed by atoms with Crippen LogP contribution in [0.15, 0.2) is 72.8 Å². The van der Waals surface area contributed by atoms with Crippen molar-refractivity contribution in [2.45, 2.75) is 19.7 Å². The molecule has 0 bridgehead atoms. The minimum Gasteiger partial charge on any atom is -0.407 e. The van der Waals surface area contributed by atoms with Gasteiger partial charge in [-0.3, -0.25) is 0 Å². The molecule has 4 rings (SSSR count). The third-order valence-corrected chi connectivity index (χ3v) is 4.44. The van der Waals surface area contributed by atoms with Crippen molar-refractivity contribution in [3.05, 3.63) is 89.5 Å². The van der Waals surface area contributed by atoms with Crippen molar-refractivity contribution in [3.8, 4) is 11.4 Å². The molecule has 0 aliphatic rings. The van der Waals surface area contributed by atoms with E-state index < -0.39 is 11.7 Å². The third kappa shape index (κ3) is 3.58. The van der Waals surface area contributed by atoms with E-state index in [1.54, 1.807) is 10.8 Å². The van der Waals surface area contributed by atoms with Gasteiger partial charge < -0.3 is 4.84 Å². The zero-order valence-corrected chi connectivity index (χ0v) is 15.1. The van der Waals surface area contributed by atoms with E-state index in [1.807, 2.05) is 55.5 Å². The second-order valence-corrected chi connectivity index (χ2v) is 6.56. The average molecular weight is 382 g/mol. The highest BCUT2D eigenvalue weighted by molar-refractivity contribution is 5.80. The first kappa shape index (κ1) is 18.1. The lowest BCUT2D eigenvalue weighted by molar-refractivity contribution is -0.137. The molecule has 0 saturated heterocycles. The van der Waals surface area contributed by atoms with E-state index in [9.17, 15) is 13.2 Å². The van der Waals surface area contributed by atoms with Crippen LogP contribution in [0, 0.1) is 6.92 Å². The fraction of sp³-hybridized carbons (Fsp3) is 0.136. The van der Waals surface area contributed by atoms with Gasteiger partial charge in [-0.05, 0) is 36.8 Å². The molecule has 0 saturated carbocycles. The molecule has 1 heterocycles. The number of aromatic nitrogens is 2. The van der Waals surface area contributed by atoms with Gasteiger partial charge in [0.1, 0.15) is 12.1 Å². The molecule has 0 amide bonds. The summed E-state index contributed by atoms with van der Waals surface area (Å²) in [7, 11) is 0. The standard InChI is InChI=1S/C22H17F3N2O/c1-15-9-11-17(12-10-15)21-26-19-7-2-3-8-20(19)27(21)28-14-16-5-4-6-18(13-16)22(23,24)25/h2-13H,14H2,1H3. The second-order valence-electron chi connectivity index (χ2n) is 6.56. The van der Waals surface area contributed by atoms with E-state index in [4.69, 9.17) is 4.84 Å². The minimum atomic E-state index is -4.38. The van der Waals surface area contributed by atoms with Crippen LogP contribution >= 0.6 is 0 Å². The Morgan fingerprint density at radius 1 is 0.929 bits per heavy atom. The maximum absolute atomic E-state index is 13.0. The molecular formula is C22H17F3N2O. The Hall–Kier alpha value is -3.28. The summed E-state index contributed by atoms with van der Waals surface area (Å²) in [6.45, 7) is 1.99. The average Bonchev–Trinajstić information content (AvgIpc) is 3.05. The lowest BCUT2D eigenvalue weighted by Crippen LogP contribution is -2.13. The van der Waals surface area contributed by atoms with Crippen LogP contribution in [-0.2, 0) is 12.8 Å². The van der Waals surface area contributed by atoms with Crippen LogP contribution in [0.2, 0.25) is 0 Å². The van der Waals surface area contributed by atoms with Gasteiger partial charge in [-0.2, -0.15) is 17.9 Å². The van der Waals surface area contributed by atoms with Gasteiger partial charge in [-0.15, -0.1) is 0 Å². The van der Waals surface area contributed by atoms with E-state index in [0.29, 0.717) is 11.4 Å². The van der Waals surface area contributed by atoms with Crippen molar-refractivity contribution in [1.29, 1.82) is 0 Å². The molecule has 3 nitrogen and oxygen atoms in total. The summed E-state index contributed by atoms with van der Waals surface area (Å²) >= 11 is 0. The largest absolute Gasteiger partial charge is 0.416 e. The summed E-state index contributed by atoms with van der Waals surface area (Å²) in [5, 5.41) is 0. The van der Waals surface area contributed by atoms with E-state index in [1.165, 1.54) is 6.07 Å². The molecule has 0 N–H and O–H groups in total. The predicted octanol–water partition coefficient (Wildman–Crippen LogP) is 5.66. The number of hydrogen-bond acceptors (Lipinski definition) is 2. The number of imidazole rings is 1. The molecule has 0 unspecified atom stereocenters. The Bertz CT molecular complexity index is 1110. The highest BCUT2D eigenvalue weighted by atomic mass is 19.4. The Balaban J connectivity index is 1.70. The summed E-state index contributed by atoms with van der Waals surface area (Å²) in [6.07, 6.45) is -4.38. The second kappa shape index (κ2) is 7.03. The minimum absolute atomic E-state index is 0.0108. The number of alkyl halides is 3. The van der Waals surface area contributed by atoms with Crippen molar-refractivity contribution in [3.63, 3.8) is 0 Å². The zero-order chi connectivity index (χ0) is 19.7. The summed E-state index contributed by atoms with van der Waals surface area (Å²) in [6, 6.07) is 20.5. The van der Waals surface area contributed by atoms with E-state index in [2.05, 4.69) is 4.98 Å². The number of nitrogens with zero attached hydrogens (tertiary/aromatic N) is 2. The van der Waals surface area contributed by atoms with Gasteiger partial charge in [0.05, 0.1) is 11.1 Å². The number of aryl methyl sites for hydroxylation is 1. The smallest absolute Gasteiger partial charge is 0.407 e. The van der Waals surface area contributed by atoms with Gasteiger partial charge in [0.2, 0.25) is 0 Å². The highest BCUT2D eigenvalue weighted by Gasteiger charge is 2.30. The summed E-state index contributed by atoms with van der Waals surface area (Å²) in [4.78, 5) is 10.6. The number of hydrogen-bond donors (Lipinski definition) is 0. The van der Waals surface area contributed by atoms with Crippen LogP contribution in [0.3, 0.4) is 0 Å². The SMILES string of the molecule is Cc1ccc(-c2nc3ccccc3n2OCc2cccc(C(F)(F)F)c2)cc1. The van der Waals surface area contributed by atoms with Crippen molar-refractivity contribution in [1.82, 2.24) is 9.71 Å². The Kier molecular flexibility index (Phi) is 4.55. The Morgan fingerprint density at radius 2 is 1.68 bits per heavy atom. The van der Waals surface area contributed by atoms with E-state index >= 15 is 0 Å². The third-order valence-electron chi connectivity index (χ3n) is 4.44. The van der Waals surface area contributed by atoms with Crippen LogP contribution in [0.1, 0.15) is 16.7 Å². The van der Waals surface area contributed by atoms with Crippen molar-refractivity contribution >= 4 is 11.0 Å². The number of rotatable bonds is 4. The summed E-state index contributed by atoms with van der Waals surface area (Å²) in [5.74, 6) is 0.605. The molecule has 0 radical (unpaired) electrons. The monoisotopic (exact) mass is 382 g/mol. The number of halogens is 3. The molecule has 3 aromatic carbocycles. The van der Waals surface area contributed by atoms with Crippen molar-refractivity contribution < 1.29 is 18.0 Å². The molecule has 0 fully saturated rings. The van der Waals surface area contributed by atoms with Gasteiger partial charge in [0, 0.05) is 5.56 Å². The summed E-state index contributed by atoms with van der Waals surface area (Å²) < 4.78 is 40.4. The maximum atomic E-state index is 13.0. The number of fused-ring (bicyclic) bond motifs is 1. The van der Waals surface area contributed by atoms with Crippen LogP contribution in [0.5, 0.6) is 0 Å². The molecule has 4 aromatic rings. The van der Waals surface area contributed by atoms with Gasteiger partial charge in [0.25, 0.3) is 0 Å². The Morgan fingerprint density at radius 3 is 2.43 bits per heavy atom. The lowest BCUT2D eigenvalue weighted by atomic mass is 10.1. The summed E-state index contributed by atoms with van der Waals surface area (Å²) in [5.41, 5.74) is 3.24. The molecule has 6 heteroatoms. The van der Waals surface area contributed by atoms with Gasteiger partial charge in [0.15, 0.2) is 5.82 Å². The van der Waals surface area contributed by atoms with Gasteiger partial charge in [-0.25, -0.2) is 4.98 Å². The van der Waals surface area contributed by atoms with E-state index in [-0.39, 0.29) is 6.61 Å². The highest BCUT2D eigenvalue weighted by Crippen LogP contribution is 2.30. The predicted molar refractivity (Wildman–Crippen MR) is 102 cm³/mol. The topological polar surface area (TPSA) is 27.1 Å². The first-order valence-corrected chi connectivity index (χ1v) is 8.76. The van der Waals surface area contributed by atoms with Gasteiger partial charge >= 0.3 is 6.18 Å². The molecule has 142 valence electrons. The molecule has 0 aliphatic carbocycles. The van der Waals surface area contributed by atoms with Crippen LogP contribution in [0.25, 0.3) is 22.4 Å². The molecule has 0 atom stereocenters. The van der Waals surface area contributed by atoms with Crippen LogP contribution in [0.4, 0.5) is 13.2 Å². The first-order valence-electron chi connectivity index (χ1n) is 8.76. The number of para-hydroxylation sites is 2. The zero-order valence-electron chi connectivity index (χ0n) is 15.1. The molecule has 0 spiro atoms. The van der Waals surface area contributed by atoms with Gasteiger partial charge in [-0.1, -0.05) is 54.1 Å². The molecule has 1 aromatic heterocycles. The maximum Gasteiger partial charge on any atom is 0.416 e. The fourth-order valence-electron chi connectivity index (χ4n) is 3.00. The molecule has 28 heavy (non-hydrogen) atoms. The lowest BCUT2D eigenvalue weighted by Gasteiger charge is -2.13. The number of benzene rings is 3. The Labute approximate surface area is 160 Å². The van der Waals surface area contributed by atoms with Crippen LogP contribution in [-0.4, -0.2) is 9.71 Å². The normalized spacial score (nSPS) is 11.7. The molecule has 0 aliphatic heterocycles. The fourth-order valence-corrected chi connectivity index (χ4v) is 3.00. The quantitative estimate of drug-likeness (QED) is 0.455. The van der Waals surface area contributed by atoms with Crippen molar-refractivity contribution in [2.75, 3.05) is 0 Å². The van der Waals surface area contributed by atoms with Crippen LogP contribution < -0.4 is 4.84 Å². The van der Waals surface area contributed by atoms with E-state index in [0.717, 1.165) is 34.3 Å². The first-order chi connectivity index (χ1) is 13.4.